The van der Waals surface area contributed by atoms with Gasteiger partial charge in [0.15, 0.2) is 17.4 Å². The van der Waals surface area contributed by atoms with E-state index in [9.17, 15) is 31.1 Å². The van der Waals surface area contributed by atoms with Gasteiger partial charge in [-0.15, -0.1) is 0 Å². The Balaban J connectivity index is 1.76. The van der Waals surface area contributed by atoms with Crippen LogP contribution in [0.15, 0.2) is 35.3 Å². The van der Waals surface area contributed by atoms with E-state index in [1.54, 1.807) is 0 Å². The summed E-state index contributed by atoms with van der Waals surface area (Å²) in [6.45, 7) is 1.99. The maximum absolute atomic E-state index is 14.4. The molecule has 0 spiro atoms. The van der Waals surface area contributed by atoms with Gasteiger partial charge in [-0.25, -0.2) is 28.6 Å². The Bertz CT molecular complexity index is 1260. The van der Waals surface area contributed by atoms with Crippen LogP contribution in [-0.2, 0) is 11.5 Å². The lowest BCUT2D eigenvalue weighted by Crippen LogP contribution is -2.41. The highest BCUT2D eigenvalue weighted by Crippen LogP contribution is 2.54. The number of nitrogens with one attached hydrogen (secondary N) is 1. The number of hydrogen-bond acceptors (Lipinski definition) is 5. The maximum Gasteiger partial charge on any atom is 0.412 e. The molecule has 12 heteroatoms. The summed E-state index contributed by atoms with van der Waals surface area (Å²) in [4.78, 5) is 25.6. The Labute approximate surface area is 176 Å². The van der Waals surface area contributed by atoms with Crippen LogP contribution in [0.4, 0.5) is 32.2 Å². The van der Waals surface area contributed by atoms with Crippen LogP contribution < -0.4 is 15.9 Å². The molecule has 1 fully saturated rings. The van der Waals surface area contributed by atoms with Crippen LogP contribution in [0, 0.1) is 12.7 Å². The fraction of sp³-hybridized carbons (Fsp3) is 0.350. The summed E-state index contributed by atoms with van der Waals surface area (Å²) in [5.74, 6) is -5.36. The van der Waals surface area contributed by atoms with Gasteiger partial charge in [0.2, 0.25) is 0 Å². The summed E-state index contributed by atoms with van der Waals surface area (Å²) in [6, 6.07) is 4.10. The molecule has 170 valence electrons. The van der Waals surface area contributed by atoms with Crippen LogP contribution >= 0.6 is 0 Å². The first kappa shape index (κ1) is 21.9. The molecule has 0 radical (unpaired) electrons. The minimum absolute atomic E-state index is 0.00288. The van der Waals surface area contributed by atoms with Crippen molar-refractivity contribution in [2.45, 2.75) is 44.3 Å². The first-order valence-corrected chi connectivity index (χ1v) is 9.41. The van der Waals surface area contributed by atoms with E-state index in [1.807, 2.05) is 0 Å². The van der Waals surface area contributed by atoms with Gasteiger partial charge in [0.05, 0.1) is 16.5 Å². The Kier molecular flexibility index (Phi) is 4.86. The van der Waals surface area contributed by atoms with Crippen molar-refractivity contribution in [1.82, 2.24) is 14.5 Å². The largest absolute Gasteiger partial charge is 0.412 e. The molecular formula is C20H16F6N4O2. The summed E-state index contributed by atoms with van der Waals surface area (Å²) in [6.07, 6.45) is -4.18. The van der Waals surface area contributed by atoms with E-state index in [-0.39, 0.29) is 35.4 Å². The zero-order valence-electron chi connectivity index (χ0n) is 16.7. The molecular weight excluding hydrogens is 442 g/mol. The van der Waals surface area contributed by atoms with E-state index in [1.165, 1.54) is 6.92 Å². The second kappa shape index (κ2) is 7.10. The van der Waals surface area contributed by atoms with E-state index in [0.29, 0.717) is 11.5 Å². The van der Waals surface area contributed by atoms with Crippen LogP contribution in [0.1, 0.15) is 31.2 Å². The lowest BCUT2D eigenvalue weighted by Gasteiger charge is -2.22. The Morgan fingerprint density at radius 3 is 2.44 bits per heavy atom. The van der Waals surface area contributed by atoms with Crippen molar-refractivity contribution in [3.8, 4) is 5.75 Å². The molecule has 0 atom stereocenters. The molecule has 2 aromatic heterocycles. The van der Waals surface area contributed by atoms with E-state index in [0.717, 1.165) is 30.5 Å². The molecule has 0 bridgehead atoms. The van der Waals surface area contributed by atoms with Gasteiger partial charge in [0.1, 0.15) is 11.4 Å². The second-order valence-corrected chi connectivity index (χ2v) is 7.64. The summed E-state index contributed by atoms with van der Waals surface area (Å²) < 4.78 is 82.7. The molecule has 1 aromatic carbocycles. The second-order valence-electron chi connectivity index (χ2n) is 7.64. The van der Waals surface area contributed by atoms with Gasteiger partial charge in [0, 0.05) is 19.2 Å². The summed E-state index contributed by atoms with van der Waals surface area (Å²) in [5.41, 5.74) is -1.76. The number of nitrogens with zero attached hydrogens (tertiary/aromatic N) is 3. The van der Waals surface area contributed by atoms with Crippen molar-refractivity contribution in [2.24, 2.45) is 0 Å². The molecule has 3 aromatic rings. The molecule has 1 N–H and O–H groups in total. The number of anilines is 1. The fourth-order valence-electron chi connectivity index (χ4n) is 3.44. The van der Waals surface area contributed by atoms with E-state index >= 15 is 0 Å². The number of aryl methyl sites for hydroxylation is 1. The third kappa shape index (κ3) is 3.63. The highest BCUT2D eigenvalue weighted by atomic mass is 19.4. The summed E-state index contributed by atoms with van der Waals surface area (Å²) in [5, 5.41) is 0.00288. The van der Waals surface area contributed by atoms with Gasteiger partial charge in [-0.3, -0.25) is 9.36 Å². The minimum atomic E-state index is -4.64. The van der Waals surface area contributed by atoms with Crippen LogP contribution in [0.2, 0.25) is 0 Å². The Morgan fingerprint density at radius 2 is 1.84 bits per heavy atom. The average molecular weight is 458 g/mol. The molecule has 4 rings (SSSR count). The smallest absolute Gasteiger partial charge is 0.378 e. The van der Waals surface area contributed by atoms with Crippen molar-refractivity contribution in [1.29, 1.82) is 0 Å². The molecule has 2 heterocycles. The average Bonchev–Trinajstić information content (AvgIpc) is 3.47. The number of pyridine rings is 1. The van der Waals surface area contributed by atoms with Crippen LogP contribution in [0.3, 0.4) is 0 Å². The number of benzene rings is 1. The monoisotopic (exact) mass is 458 g/mol. The van der Waals surface area contributed by atoms with Crippen molar-refractivity contribution in [3.63, 3.8) is 0 Å². The zero-order chi connectivity index (χ0) is 23.5. The van der Waals surface area contributed by atoms with Crippen molar-refractivity contribution < 1.29 is 31.2 Å². The lowest BCUT2D eigenvalue weighted by atomic mass is 10.1. The number of halogens is 6. The first-order valence-electron chi connectivity index (χ1n) is 9.41. The van der Waals surface area contributed by atoms with Crippen molar-refractivity contribution in [3.05, 3.63) is 58.0 Å². The predicted octanol–water partition coefficient (Wildman–Crippen LogP) is 4.81. The number of alkyl halides is 5. The van der Waals surface area contributed by atoms with E-state index in [4.69, 9.17) is 4.84 Å². The maximum atomic E-state index is 14.4. The quantitative estimate of drug-likeness (QED) is 0.439. The fourth-order valence-corrected chi connectivity index (χ4v) is 3.44. The van der Waals surface area contributed by atoms with Gasteiger partial charge in [0.25, 0.3) is 11.5 Å². The third-order valence-corrected chi connectivity index (χ3v) is 5.25. The number of fused-ring (bicyclic) bond motifs is 1. The number of aromatic nitrogens is 3. The minimum Gasteiger partial charge on any atom is -0.378 e. The molecule has 0 aliphatic heterocycles. The summed E-state index contributed by atoms with van der Waals surface area (Å²) >= 11 is 0. The topological polar surface area (TPSA) is 69.0 Å². The molecule has 1 aliphatic carbocycles. The molecule has 1 aliphatic rings. The predicted molar refractivity (Wildman–Crippen MR) is 102 cm³/mol. The van der Waals surface area contributed by atoms with E-state index < -0.39 is 40.3 Å². The Morgan fingerprint density at radius 1 is 1.16 bits per heavy atom. The first-order chi connectivity index (χ1) is 14.8. The van der Waals surface area contributed by atoms with E-state index in [2.05, 4.69) is 15.4 Å². The standard InChI is InChI=1S/C20H16F6N4O2/c1-10-27-13-8-15(31)30(19(6-7-19)20(24,25)26)9-11(13)17(28-10)29-32-14-5-3-4-12(16(14)21)18(2,22)23/h3-5,8-9H,6-7H2,1-2H3,(H,27,28,29). The zero-order valence-corrected chi connectivity index (χ0v) is 16.7. The highest BCUT2D eigenvalue weighted by Gasteiger charge is 2.65. The van der Waals surface area contributed by atoms with Gasteiger partial charge >= 0.3 is 6.18 Å². The number of hydrogen-bond donors (Lipinski definition) is 1. The molecule has 0 amide bonds. The number of rotatable bonds is 5. The van der Waals surface area contributed by atoms with Gasteiger partial charge in [-0.2, -0.15) is 13.2 Å². The highest BCUT2D eigenvalue weighted by molar-refractivity contribution is 5.88. The Hall–Kier alpha value is -3.31. The molecule has 1 saturated carbocycles. The van der Waals surface area contributed by atoms with Crippen molar-refractivity contribution >= 4 is 16.7 Å². The SMILES string of the molecule is Cc1nc(NOc2cccc(C(C)(F)F)c2F)c2cn(C3(C(F)(F)F)CC3)c(=O)cc2n1. The molecule has 0 unspecified atom stereocenters. The molecule has 6 nitrogen and oxygen atoms in total. The van der Waals surface area contributed by atoms with Crippen LogP contribution in [0.25, 0.3) is 10.9 Å². The molecule has 32 heavy (non-hydrogen) atoms. The van der Waals surface area contributed by atoms with Gasteiger partial charge in [-0.1, -0.05) is 6.07 Å². The van der Waals surface area contributed by atoms with Crippen molar-refractivity contribution in [2.75, 3.05) is 5.48 Å². The lowest BCUT2D eigenvalue weighted by molar-refractivity contribution is -0.180. The molecule has 0 saturated heterocycles. The van der Waals surface area contributed by atoms with Crippen LogP contribution in [0.5, 0.6) is 5.75 Å². The normalized spacial score (nSPS) is 15.6. The van der Waals surface area contributed by atoms with Crippen LogP contribution in [-0.4, -0.2) is 20.7 Å². The third-order valence-electron chi connectivity index (χ3n) is 5.25. The van der Waals surface area contributed by atoms with Gasteiger partial charge < -0.3 is 4.84 Å². The van der Waals surface area contributed by atoms with Gasteiger partial charge in [-0.05, 0) is 31.9 Å². The summed E-state index contributed by atoms with van der Waals surface area (Å²) in [7, 11) is 0.